The minimum absolute atomic E-state index is 0. The molecular weight excluding hydrogens is 318 g/mol. The van der Waals surface area contributed by atoms with Gasteiger partial charge in [0.05, 0.1) is 12.2 Å². The minimum Gasteiger partial charge on any atom is -0.373 e. The molecular formula is C21H36ClNO. The zero-order valence-electron chi connectivity index (χ0n) is 16.4. The third-order valence-corrected chi connectivity index (χ3v) is 5.66. The highest BCUT2D eigenvalue weighted by molar-refractivity contribution is 5.85. The Morgan fingerprint density at radius 2 is 1.75 bits per heavy atom. The molecule has 0 bridgehead atoms. The Kier molecular flexibility index (Phi) is 7.77. The summed E-state index contributed by atoms with van der Waals surface area (Å²) in [6, 6.07) is 9.71. The van der Waals surface area contributed by atoms with Crippen LogP contribution in [-0.2, 0) is 10.2 Å². The van der Waals surface area contributed by atoms with Crippen molar-refractivity contribution in [3.8, 4) is 0 Å². The predicted octanol–water partition coefficient (Wildman–Crippen LogP) is 5.30. The molecule has 138 valence electrons. The van der Waals surface area contributed by atoms with Gasteiger partial charge < -0.3 is 10.1 Å². The monoisotopic (exact) mass is 353 g/mol. The van der Waals surface area contributed by atoms with Crippen LogP contribution >= 0.6 is 12.4 Å². The fraction of sp³-hybridized carbons (Fsp3) is 0.714. The molecule has 4 atom stereocenters. The maximum atomic E-state index is 6.08. The maximum Gasteiger partial charge on any atom is 0.0710 e. The van der Waals surface area contributed by atoms with Crippen molar-refractivity contribution >= 4 is 12.4 Å². The summed E-state index contributed by atoms with van der Waals surface area (Å²) in [7, 11) is 0. The highest BCUT2D eigenvalue weighted by atomic mass is 35.5. The second kappa shape index (κ2) is 8.69. The fourth-order valence-electron chi connectivity index (χ4n) is 3.75. The van der Waals surface area contributed by atoms with E-state index in [0.717, 1.165) is 13.0 Å². The van der Waals surface area contributed by atoms with E-state index in [1.165, 1.54) is 11.1 Å². The van der Waals surface area contributed by atoms with E-state index in [0.29, 0.717) is 24.0 Å². The summed E-state index contributed by atoms with van der Waals surface area (Å²) in [6.07, 6.45) is 1.71. The van der Waals surface area contributed by atoms with Crippen molar-refractivity contribution in [1.82, 2.24) is 5.32 Å². The summed E-state index contributed by atoms with van der Waals surface area (Å²) >= 11 is 0. The fourth-order valence-corrected chi connectivity index (χ4v) is 3.75. The highest BCUT2D eigenvalue weighted by Gasteiger charge is 2.34. The van der Waals surface area contributed by atoms with Crippen molar-refractivity contribution in [3.05, 3.63) is 35.4 Å². The molecule has 1 saturated heterocycles. The van der Waals surface area contributed by atoms with Crippen LogP contribution in [0.1, 0.15) is 71.9 Å². The third kappa shape index (κ3) is 4.74. The van der Waals surface area contributed by atoms with Crippen LogP contribution in [0.4, 0.5) is 0 Å². The van der Waals surface area contributed by atoms with E-state index in [9.17, 15) is 0 Å². The first-order valence-electron chi connectivity index (χ1n) is 9.25. The van der Waals surface area contributed by atoms with Crippen molar-refractivity contribution < 1.29 is 4.74 Å². The van der Waals surface area contributed by atoms with Crippen LogP contribution in [0.15, 0.2) is 24.3 Å². The number of nitrogens with one attached hydrogen (secondary N) is 1. The minimum atomic E-state index is 0. The second-order valence-corrected chi connectivity index (χ2v) is 8.22. The molecule has 1 heterocycles. The van der Waals surface area contributed by atoms with Gasteiger partial charge in [-0.05, 0) is 42.7 Å². The number of rotatable bonds is 5. The Morgan fingerprint density at radius 3 is 2.21 bits per heavy atom. The van der Waals surface area contributed by atoms with Crippen LogP contribution in [-0.4, -0.2) is 24.8 Å². The molecule has 1 aromatic carbocycles. The molecule has 1 N–H and O–H groups in total. The number of hydrogen-bond donors (Lipinski definition) is 1. The molecule has 4 unspecified atom stereocenters. The molecule has 2 nitrogen and oxygen atoms in total. The summed E-state index contributed by atoms with van der Waals surface area (Å²) in [6.45, 7) is 16.8. The molecule has 3 heteroatoms. The molecule has 0 radical (unpaired) electrons. The van der Waals surface area contributed by atoms with Crippen molar-refractivity contribution in [2.75, 3.05) is 6.54 Å². The molecule has 0 spiro atoms. The molecule has 0 aromatic heterocycles. The van der Waals surface area contributed by atoms with Gasteiger partial charge in [-0.15, -0.1) is 12.4 Å². The first-order chi connectivity index (χ1) is 10.8. The van der Waals surface area contributed by atoms with E-state index in [2.05, 4.69) is 78.0 Å². The largest absolute Gasteiger partial charge is 0.373 e. The summed E-state index contributed by atoms with van der Waals surface area (Å²) < 4.78 is 6.08. The van der Waals surface area contributed by atoms with E-state index < -0.39 is 0 Å². The molecule has 1 fully saturated rings. The van der Waals surface area contributed by atoms with Crippen molar-refractivity contribution in [3.63, 3.8) is 0 Å². The lowest BCUT2D eigenvalue weighted by atomic mass is 9.77. The first kappa shape index (κ1) is 21.5. The Balaban J connectivity index is 0.00000288. The number of ether oxygens (including phenoxy) is 1. The Morgan fingerprint density at radius 1 is 1.17 bits per heavy atom. The summed E-state index contributed by atoms with van der Waals surface area (Å²) in [5.74, 6) is 1.06. The van der Waals surface area contributed by atoms with Gasteiger partial charge in [0.1, 0.15) is 0 Å². The quantitative estimate of drug-likeness (QED) is 0.775. The maximum absolute atomic E-state index is 6.08. The zero-order valence-corrected chi connectivity index (χ0v) is 17.2. The van der Waals surface area contributed by atoms with Crippen LogP contribution in [0.5, 0.6) is 0 Å². The van der Waals surface area contributed by atoms with Crippen molar-refractivity contribution in [2.24, 2.45) is 5.92 Å². The van der Waals surface area contributed by atoms with Crippen LogP contribution in [0.3, 0.4) is 0 Å². The van der Waals surface area contributed by atoms with Gasteiger partial charge in [-0.3, -0.25) is 0 Å². The zero-order chi connectivity index (χ0) is 17.2. The second-order valence-electron chi connectivity index (χ2n) is 8.22. The Bertz CT molecular complexity index is 497. The Hall–Kier alpha value is -0.570. The van der Waals surface area contributed by atoms with Gasteiger partial charge in [0, 0.05) is 18.5 Å². The number of halogens is 1. The van der Waals surface area contributed by atoms with E-state index in [1.807, 2.05) is 0 Å². The lowest BCUT2D eigenvalue weighted by molar-refractivity contribution is -0.0530. The van der Waals surface area contributed by atoms with Crippen LogP contribution in [0, 0.1) is 5.92 Å². The standard InChI is InChI=1S/C21H35NO.ClH/c1-8-21(6,7)18-11-9-17(10-12-18)19(14(2)3)20-16(5)23-15(4)13-22-20;/h9-12,14-16,19-20,22H,8,13H2,1-7H3;1H. The van der Waals surface area contributed by atoms with Crippen LogP contribution < -0.4 is 5.32 Å². The third-order valence-electron chi connectivity index (χ3n) is 5.66. The number of morpholine rings is 1. The molecule has 1 aromatic rings. The first-order valence-corrected chi connectivity index (χ1v) is 9.25. The molecule has 0 aliphatic carbocycles. The topological polar surface area (TPSA) is 21.3 Å². The molecule has 2 rings (SSSR count). The molecule has 0 amide bonds. The summed E-state index contributed by atoms with van der Waals surface area (Å²) in [5.41, 5.74) is 3.11. The number of hydrogen-bond acceptors (Lipinski definition) is 2. The molecule has 24 heavy (non-hydrogen) atoms. The lowest BCUT2D eigenvalue weighted by Gasteiger charge is -2.41. The van der Waals surface area contributed by atoms with E-state index in [-0.39, 0.29) is 23.9 Å². The molecule has 0 saturated carbocycles. The van der Waals surface area contributed by atoms with Gasteiger partial charge in [-0.25, -0.2) is 0 Å². The van der Waals surface area contributed by atoms with Gasteiger partial charge in [0.15, 0.2) is 0 Å². The normalized spacial score (nSPS) is 26.1. The van der Waals surface area contributed by atoms with Crippen LogP contribution in [0.25, 0.3) is 0 Å². The van der Waals surface area contributed by atoms with Crippen LogP contribution in [0.2, 0.25) is 0 Å². The number of benzene rings is 1. The van der Waals surface area contributed by atoms with E-state index in [4.69, 9.17) is 4.74 Å². The van der Waals surface area contributed by atoms with Crippen molar-refractivity contribution in [1.29, 1.82) is 0 Å². The van der Waals surface area contributed by atoms with Gasteiger partial charge >= 0.3 is 0 Å². The SMILES string of the molecule is CCC(C)(C)c1ccc(C(C(C)C)C2NCC(C)OC2C)cc1.Cl. The molecule has 1 aliphatic rings. The van der Waals surface area contributed by atoms with Gasteiger partial charge in [0.25, 0.3) is 0 Å². The Labute approximate surface area is 155 Å². The smallest absolute Gasteiger partial charge is 0.0710 e. The predicted molar refractivity (Wildman–Crippen MR) is 106 cm³/mol. The lowest BCUT2D eigenvalue weighted by Crippen LogP contribution is -2.54. The van der Waals surface area contributed by atoms with Gasteiger partial charge in [-0.2, -0.15) is 0 Å². The van der Waals surface area contributed by atoms with Gasteiger partial charge in [-0.1, -0.05) is 58.9 Å². The summed E-state index contributed by atoms with van der Waals surface area (Å²) in [5, 5.41) is 3.73. The van der Waals surface area contributed by atoms with E-state index >= 15 is 0 Å². The molecule has 1 aliphatic heterocycles. The van der Waals surface area contributed by atoms with Crippen molar-refractivity contribution in [2.45, 2.75) is 84.5 Å². The average molecular weight is 354 g/mol. The average Bonchev–Trinajstić information content (AvgIpc) is 2.50. The highest BCUT2D eigenvalue weighted by Crippen LogP contribution is 2.34. The van der Waals surface area contributed by atoms with Gasteiger partial charge in [0.2, 0.25) is 0 Å². The van der Waals surface area contributed by atoms with E-state index in [1.54, 1.807) is 0 Å². The summed E-state index contributed by atoms with van der Waals surface area (Å²) in [4.78, 5) is 0.